The molecule has 2 N–H and O–H groups in total. The molecule has 0 saturated heterocycles. The van der Waals surface area contributed by atoms with Crippen LogP contribution in [0.3, 0.4) is 0 Å². The zero-order chi connectivity index (χ0) is 15.0. The van der Waals surface area contributed by atoms with Crippen LogP contribution in [0.1, 0.15) is 10.4 Å². The molecule has 0 aliphatic rings. The first-order chi connectivity index (χ1) is 10.1. The van der Waals surface area contributed by atoms with E-state index in [0.717, 1.165) is 0 Å². The summed E-state index contributed by atoms with van der Waals surface area (Å²) in [6, 6.07) is 8.35. The second-order valence-corrected chi connectivity index (χ2v) is 5.29. The fourth-order valence-corrected chi connectivity index (χ4v) is 2.68. The Bertz CT molecular complexity index is 900. The molecule has 8 heteroatoms. The van der Waals surface area contributed by atoms with Gasteiger partial charge in [0.05, 0.1) is 11.1 Å². The van der Waals surface area contributed by atoms with Crippen molar-refractivity contribution >= 4 is 28.6 Å². The lowest BCUT2D eigenvalue weighted by Crippen LogP contribution is -2.12. The molecule has 0 spiro atoms. The molecule has 0 unspecified atom stereocenters. The van der Waals surface area contributed by atoms with Gasteiger partial charge >= 0.3 is 11.7 Å². The van der Waals surface area contributed by atoms with E-state index in [1.54, 1.807) is 31.3 Å². The van der Waals surface area contributed by atoms with Crippen molar-refractivity contribution in [2.45, 2.75) is 10.2 Å². The van der Waals surface area contributed by atoms with Crippen molar-refractivity contribution < 1.29 is 9.90 Å². The van der Waals surface area contributed by atoms with Gasteiger partial charge in [-0.05, 0) is 36.0 Å². The monoisotopic (exact) mass is 302 g/mol. The fraction of sp³-hybridized carbons (Fsp3) is 0.0769. The Morgan fingerprint density at radius 3 is 2.81 bits per heavy atom. The summed E-state index contributed by atoms with van der Waals surface area (Å²) in [4.78, 5) is 26.9. The van der Waals surface area contributed by atoms with Gasteiger partial charge in [-0.3, -0.25) is 4.57 Å². The number of aromatic nitrogens is 4. The highest BCUT2D eigenvalue weighted by Crippen LogP contribution is 2.26. The fourth-order valence-electron chi connectivity index (χ4n) is 1.90. The van der Waals surface area contributed by atoms with E-state index in [0.29, 0.717) is 21.1 Å². The molecule has 0 saturated carbocycles. The standard InChI is InChI=1S/C13H10N4O3S/c1-17-12(20)15-16-13(17)21-10-6-5-7-8(11(18)19)3-2-4-9(7)14-10/h2-6H,1H3,(H,15,20)(H,18,19). The van der Waals surface area contributed by atoms with Crippen molar-refractivity contribution in [3.63, 3.8) is 0 Å². The molecule has 0 aliphatic heterocycles. The molecular weight excluding hydrogens is 292 g/mol. The minimum Gasteiger partial charge on any atom is -0.478 e. The third-order valence-corrected chi connectivity index (χ3v) is 3.96. The number of carbonyl (C=O) groups is 1. The normalized spacial score (nSPS) is 10.9. The molecule has 2 heterocycles. The average Bonchev–Trinajstić information content (AvgIpc) is 2.78. The highest BCUT2D eigenvalue weighted by molar-refractivity contribution is 7.99. The SMILES string of the molecule is Cn1c(Sc2ccc3c(C(=O)O)cccc3n2)n[nH]c1=O. The molecule has 0 aliphatic carbocycles. The zero-order valence-corrected chi connectivity index (χ0v) is 11.7. The molecular formula is C13H10N4O3S. The summed E-state index contributed by atoms with van der Waals surface area (Å²) < 4.78 is 1.38. The molecule has 3 aromatic rings. The van der Waals surface area contributed by atoms with E-state index >= 15 is 0 Å². The van der Waals surface area contributed by atoms with Crippen LogP contribution in [-0.4, -0.2) is 30.8 Å². The number of fused-ring (bicyclic) bond motifs is 1. The summed E-state index contributed by atoms with van der Waals surface area (Å²) in [7, 11) is 1.61. The van der Waals surface area contributed by atoms with Gasteiger partial charge in [0.2, 0.25) is 0 Å². The Balaban J connectivity index is 2.04. The Kier molecular flexibility index (Phi) is 3.22. The summed E-state index contributed by atoms with van der Waals surface area (Å²) in [5.41, 5.74) is 0.496. The summed E-state index contributed by atoms with van der Waals surface area (Å²) in [6.07, 6.45) is 0. The summed E-state index contributed by atoms with van der Waals surface area (Å²) >= 11 is 1.23. The van der Waals surface area contributed by atoms with Gasteiger partial charge in [0.15, 0.2) is 5.16 Å². The molecule has 1 aromatic carbocycles. The van der Waals surface area contributed by atoms with Gasteiger partial charge in [0.25, 0.3) is 0 Å². The molecule has 7 nitrogen and oxygen atoms in total. The topological polar surface area (TPSA) is 101 Å². The Morgan fingerprint density at radius 2 is 2.14 bits per heavy atom. The second-order valence-electron chi connectivity index (χ2n) is 4.30. The zero-order valence-electron chi connectivity index (χ0n) is 10.9. The van der Waals surface area contributed by atoms with Crippen molar-refractivity contribution in [1.29, 1.82) is 0 Å². The Morgan fingerprint density at radius 1 is 1.33 bits per heavy atom. The van der Waals surface area contributed by atoms with Crippen molar-refractivity contribution in [1.82, 2.24) is 19.7 Å². The average molecular weight is 302 g/mol. The third-order valence-electron chi connectivity index (χ3n) is 2.97. The predicted octanol–water partition coefficient (Wildman–Crippen LogP) is 1.51. The van der Waals surface area contributed by atoms with Gasteiger partial charge in [-0.15, -0.1) is 5.10 Å². The number of pyridine rings is 1. The van der Waals surface area contributed by atoms with E-state index in [-0.39, 0.29) is 11.3 Å². The number of nitrogens with zero attached hydrogens (tertiary/aromatic N) is 3. The lowest BCUT2D eigenvalue weighted by molar-refractivity contribution is 0.0699. The summed E-state index contributed by atoms with van der Waals surface area (Å²) in [6.45, 7) is 0. The molecule has 3 rings (SSSR count). The van der Waals surface area contributed by atoms with E-state index in [9.17, 15) is 9.59 Å². The van der Waals surface area contributed by atoms with E-state index in [1.807, 2.05) is 0 Å². The maximum atomic E-state index is 11.3. The predicted molar refractivity (Wildman–Crippen MR) is 76.7 cm³/mol. The van der Waals surface area contributed by atoms with Gasteiger partial charge in [0, 0.05) is 12.4 Å². The molecule has 0 bridgehead atoms. The van der Waals surface area contributed by atoms with Crippen molar-refractivity contribution in [3.8, 4) is 0 Å². The number of nitrogens with one attached hydrogen (secondary N) is 1. The summed E-state index contributed by atoms with van der Waals surface area (Å²) in [5, 5.41) is 17.1. The smallest absolute Gasteiger partial charge is 0.343 e. The highest BCUT2D eigenvalue weighted by Gasteiger charge is 2.11. The number of benzene rings is 1. The number of aromatic carboxylic acids is 1. The van der Waals surface area contributed by atoms with Crippen molar-refractivity contribution in [2.75, 3.05) is 0 Å². The first-order valence-electron chi connectivity index (χ1n) is 5.98. The third kappa shape index (κ3) is 2.40. The first-order valence-corrected chi connectivity index (χ1v) is 6.80. The van der Waals surface area contributed by atoms with Crippen molar-refractivity contribution in [2.24, 2.45) is 7.05 Å². The minimum atomic E-state index is -0.988. The van der Waals surface area contributed by atoms with Crippen LogP contribution in [0.25, 0.3) is 10.9 Å². The molecule has 0 fully saturated rings. The van der Waals surface area contributed by atoms with Gasteiger partial charge in [-0.1, -0.05) is 6.07 Å². The quantitative estimate of drug-likeness (QED) is 0.760. The maximum Gasteiger partial charge on any atom is 0.343 e. The van der Waals surface area contributed by atoms with Crippen LogP contribution in [0.4, 0.5) is 0 Å². The van der Waals surface area contributed by atoms with Gasteiger partial charge < -0.3 is 5.11 Å². The molecule has 0 amide bonds. The Hall–Kier alpha value is -2.61. The molecule has 21 heavy (non-hydrogen) atoms. The molecule has 2 aromatic heterocycles. The number of rotatable bonds is 3. The molecule has 0 radical (unpaired) electrons. The summed E-state index contributed by atoms with van der Waals surface area (Å²) in [5.74, 6) is -0.988. The first kappa shape index (κ1) is 13.4. The maximum absolute atomic E-state index is 11.3. The second kappa shape index (κ2) is 5.06. The number of carboxylic acid groups (broad SMARTS) is 1. The number of carboxylic acids is 1. The molecule has 106 valence electrons. The lowest BCUT2D eigenvalue weighted by Gasteiger charge is -2.04. The van der Waals surface area contributed by atoms with Crippen LogP contribution in [-0.2, 0) is 7.05 Å². The van der Waals surface area contributed by atoms with E-state index in [2.05, 4.69) is 15.2 Å². The van der Waals surface area contributed by atoms with Gasteiger partial charge in [0.1, 0.15) is 5.03 Å². The minimum absolute atomic E-state index is 0.212. The number of H-pyrrole nitrogens is 1. The van der Waals surface area contributed by atoms with Crippen LogP contribution >= 0.6 is 11.8 Å². The van der Waals surface area contributed by atoms with Crippen LogP contribution in [0, 0.1) is 0 Å². The van der Waals surface area contributed by atoms with E-state index < -0.39 is 5.97 Å². The van der Waals surface area contributed by atoms with Crippen molar-refractivity contribution in [3.05, 3.63) is 46.4 Å². The largest absolute Gasteiger partial charge is 0.478 e. The lowest BCUT2D eigenvalue weighted by atomic mass is 10.1. The van der Waals surface area contributed by atoms with Crippen LogP contribution in [0.5, 0.6) is 0 Å². The number of hydrogen-bond acceptors (Lipinski definition) is 5. The Labute approximate surface area is 122 Å². The van der Waals surface area contributed by atoms with Crippen LogP contribution in [0.2, 0.25) is 0 Å². The van der Waals surface area contributed by atoms with E-state index in [1.165, 1.54) is 22.4 Å². The molecule has 0 atom stereocenters. The number of hydrogen-bond donors (Lipinski definition) is 2. The van der Waals surface area contributed by atoms with Crippen LogP contribution < -0.4 is 5.69 Å². The van der Waals surface area contributed by atoms with Crippen LogP contribution in [0.15, 0.2) is 45.3 Å². The highest BCUT2D eigenvalue weighted by atomic mass is 32.2. The number of aromatic amines is 1. The van der Waals surface area contributed by atoms with Gasteiger partial charge in [-0.2, -0.15) is 0 Å². The van der Waals surface area contributed by atoms with Gasteiger partial charge in [-0.25, -0.2) is 19.7 Å². The van der Waals surface area contributed by atoms with E-state index in [4.69, 9.17) is 5.11 Å².